The molecule has 6 nitrogen and oxygen atoms in total. The van der Waals surface area contributed by atoms with Gasteiger partial charge in [-0.2, -0.15) is 0 Å². The number of nitrogens with zero attached hydrogens (tertiary/aromatic N) is 1. The molecule has 0 unspecified atom stereocenters. The van der Waals surface area contributed by atoms with E-state index in [2.05, 4.69) is 0 Å². The van der Waals surface area contributed by atoms with Crippen LogP contribution in [0.4, 0.5) is 5.69 Å². The van der Waals surface area contributed by atoms with E-state index in [0.717, 1.165) is 4.90 Å². The number of benzene rings is 1. The fourth-order valence-corrected chi connectivity index (χ4v) is 4.61. The third-order valence-corrected chi connectivity index (χ3v) is 5.46. The fourth-order valence-electron chi connectivity index (χ4n) is 4.61. The SMILES string of the molecule is CO[C@@H]1[C@H](O)[C@H]2C[C@H]1[C@@H]1C(=O)N(c3ccccc3O)C(=O)[C@@H]21. The van der Waals surface area contributed by atoms with E-state index in [9.17, 15) is 19.8 Å². The van der Waals surface area contributed by atoms with Gasteiger partial charge in [0.15, 0.2) is 0 Å². The molecule has 2 bridgehead atoms. The molecule has 1 aromatic rings. The molecule has 3 aliphatic rings. The monoisotopic (exact) mass is 303 g/mol. The summed E-state index contributed by atoms with van der Waals surface area (Å²) in [4.78, 5) is 26.6. The number of ether oxygens (including phenoxy) is 1. The van der Waals surface area contributed by atoms with Gasteiger partial charge >= 0.3 is 0 Å². The molecule has 0 aromatic heterocycles. The first kappa shape index (κ1) is 13.7. The van der Waals surface area contributed by atoms with Crippen LogP contribution >= 0.6 is 0 Å². The lowest BCUT2D eigenvalue weighted by molar-refractivity contribution is -0.131. The normalized spacial score (nSPS) is 39.6. The Hall–Kier alpha value is -1.92. The molecular formula is C16H17NO5. The van der Waals surface area contributed by atoms with Gasteiger partial charge in [0.2, 0.25) is 11.8 Å². The maximum absolute atomic E-state index is 12.8. The fraction of sp³-hybridized carbons (Fsp3) is 0.500. The summed E-state index contributed by atoms with van der Waals surface area (Å²) in [6.45, 7) is 0. The van der Waals surface area contributed by atoms with Gasteiger partial charge in [0.1, 0.15) is 5.75 Å². The zero-order valence-electron chi connectivity index (χ0n) is 12.0. The number of aliphatic hydroxyl groups is 1. The number of hydrogen-bond acceptors (Lipinski definition) is 5. The van der Waals surface area contributed by atoms with Gasteiger partial charge < -0.3 is 14.9 Å². The van der Waals surface area contributed by atoms with E-state index >= 15 is 0 Å². The zero-order valence-corrected chi connectivity index (χ0v) is 12.0. The predicted octanol–water partition coefficient (Wildman–Crippen LogP) is 0.523. The Bertz CT molecular complexity index is 660. The second-order valence-electron chi connectivity index (χ2n) is 6.31. The van der Waals surface area contributed by atoms with E-state index in [1.807, 2.05) is 0 Å². The largest absolute Gasteiger partial charge is 0.506 e. The van der Waals surface area contributed by atoms with Crippen LogP contribution in [0.1, 0.15) is 6.42 Å². The number of anilines is 1. The van der Waals surface area contributed by atoms with Crippen molar-refractivity contribution in [1.82, 2.24) is 0 Å². The van der Waals surface area contributed by atoms with Crippen LogP contribution in [-0.2, 0) is 14.3 Å². The third kappa shape index (κ3) is 1.51. The minimum absolute atomic E-state index is 0.0969. The molecule has 2 amide bonds. The Morgan fingerprint density at radius 1 is 1.14 bits per heavy atom. The summed E-state index contributed by atoms with van der Waals surface area (Å²) in [6, 6.07) is 6.31. The summed E-state index contributed by atoms with van der Waals surface area (Å²) in [5.41, 5.74) is 0.217. The quantitative estimate of drug-likeness (QED) is 0.778. The first-order valence-corrected chi connectivity index (χ1v) is 7.43. The lowest BCUT2D eigenvalue weighted by Crippen LogP contribution is -2.44. The molecule has 1 aliphatic heterocycles. The lowest BCUT2D eigenvalue weighted by Gasteiger charge is -2.31. The van der Waals surface area contributed by atoms with Crippen molar-refractivity contribution in [2.45, 2.75) is 18.6 Å². The Morgan fingerprint density at radius 3 is 2.41 bits per heavy atom. The van der Waals surface area contributed by atoms with Gasteiger partial charge in [0.05, 0.1) is 29.7 Å². The second-order valence-corrected chi connectivity index (χ2v) is 6.31. The van der Waals surface area contributed by atoms with Crippen LogP contribution in [-0.4, -0.2) is 41.3 Å². The summed E-state index contributed by atoms with van der Waals surface area (Å²) in [5.74, 6) is -2.05. The first-order valence-electron chi connectivity index (χ1n) is 7.43. The van der Waals surface area contributed by atoms with Gasteiger partial charge in [0.25, 0.3) is 0 Å². The highest BCUT2D eigenvalue weighted by Crippen LogP contribution is 2.57. The number of imide groups is 1. The number of fused-ring (bicyclic) bond motifs is 5. The first-order chi connectivity index (χ1) is 10.6. The number of para-hydroxylation sites is 2. The standard InChI is InChI=1S/C16H17NO5/c1-22-14-8-6-7(13(14)19)11-12(8)16(21)17(15(11)20)9-4-2-3-5-10(9)18/h2-5,7-8,11-14,18-19H,6H2,1H3/t7-,8-,11-,12-,13+,14-/m0/s1. The van der Waals surface area contributed by atoms with Crippen molar-refractivity contribution in [2.24, 2.45) is 23.7 Å². The number of carbonyl (C=O) groups is 2. The van der Waals surface area contributed by atoms with Crippen LogP contribution in [0.15, 0.2) is 24.3 Å². The van der Waals surface area contributed by atoms with Gasteiger partial charge in [-0.3, -0.25) is 9.59 Å². The summed E-state index contributed by atoms with van der Waals surface area (Å²) in [5, 5.41) is 20.2. The Balaban J connectivity index is 1.75. The van der Waals surface area contributed by atoms with Crippen molar-refractivity contribution in [3.8, 4) is 5.75 Å². The maximum atomic E-state index is 12.8. The second kappa shape index (κ2) is 4.54. The van der Waals surface area contributed by atoms with Gasteiger partial charge in [-0.05, 0) is 18.6 Å². The number of carbonyl (C=O) groups excluding carboxylic acids is 2. The average molecular weight is 303 g/mol. The summed E-state index contributed by atoms with van der Waals surface area (Å²) >= 11 is 0. The minimum Gasteiger partial charge on any atom is -0.506 e. The maximum Gasteiger partial charge on any atom is 0.238 e. The van der Waals surface area contributed by atoms with E-state index in [-0.39, 0.29) is 35.1 Å². The van der Waals surface area contributed by atoms with Crippen LogP contribution in [0.5, 0.6) is 5.75 Å². The average Bonchev–Trinajstić information content (AvgIpc) is 3.11. The molecule has 2 aliphatic carbocycles. The highest BCUT2D eigenvalue weighted by molar-refractivity contribution is 6.23. The number of methoxy groups -OCH3 is 1. The molecule has 2 N–H and O–H groups in total. The molecule has 1 saturated heterocycles. The Morgan fingerprint density at radius 2 is 1.77 bits per heavy atom. The molecule has 1 aromatic carbocycles. The third-order valence-electron chi connectivity index (χ3n) is 5.46. The van der Waals surface area contributed by atoms with Crippen LogP contribution in [0.25, 0.3) is 0 Å². The van der Waals surface area contributed by atoms with Gasteiger partial charge in [-0.15, -0.1) is 0 Å². The van der Waals surface area contributed by atoms with Crippen LogP contribution in [0.3, 0.4) is 0 Å². The van der Waals surface area contributed by atoms with E-state index < -0.39 is 24.0 Å². The van der Waals surface area contributed by atoms with E-state index in [4.69, 9.17) is 4.74 Å². The van der Waals surface area contributed by atoms with E-state index in [1.165, 1.54) is 13.2 Å². The number of rotatable bonds is 2. The summed E-state index contributed by atoms with van der Waals surface area (Å²) < 4.78 is 5.33. The number of hydrogen-bond donors (Lipinski definition) is 2. The molecule has 2 saturated carbocycles. The molecule has 0 radical (unpaired) electrons. The molecule has 3 fully saturated rings. The smallest absolute Gasteiger partial charge is 0.238 e. The summed E-state index contributed by atoms with van der Waals surface area (Å²) in [7, 11) is 1.52. The Kier molecular flexibility index (Phi) is 2.83. The molecular weight excluding hydrogens is 286 g/mol. The molecule has 0 spiro atoms. The van der Waals surface area contributed by atoms with Gasteiger partial charge in [-0.1, -0.05) is 12.1 Å². The van der Waals surface area contributed by atoms with E-state index in [1.54, 1.807) is 18.2 Å². The van der Waals surface area contributed by atoms with Crippen molar-refractivity contribution in [3.05, 3.63) is 24.3 Å². The zero-order chi connectivity index (χ0) is 15.6. The number of phenols is 1. The van der Waals surface area contributed by atoms with Crippen LogP contribution in [0.2, 0.25) is 0 Å². The van der Waals surface area contributed by atoms with Crippen molar-refractivity contribution in [1.29, 1.82) is 0 Å². The molecule has 1 heterocycles. The number of aliphatic hydroxyl groups excluding tert-OH is 1. The molecule has 22 heavy (non-hydrogen) atoms. The highest BCUT2D eigenvalue weighted by atomic mass is 16.5. The van der Waals surface area contributed by atoms with Gasteiger partial charge in [0, 0.05) is 18.9 Å². The number of aromatic hydroxyl groups is 1. The van der Waals surface area contributed by atoms with Crippen molar-refractivity contribution in [3.63, 3.8) is 0 Å². The molecule has 6 heteroatoms. The van der Waals surface area contributed by atoms with E-state index in [0.29, 0.717) is 6.42 Å². The van der Waals surface area contributed by atoms with Crippen molar-refractivity contribution in [2.75, 3.05) is 12.0 Å². The predicted molar refractivity (Wildman–Crippen MR) is 76.0 cm³/mol. The Labute approximate surface area is 127 Å². The minimum atomic E-state index is -0.711. The number of amides is 2. The lowest BCUT2D eigenvalue weighted by atomic mass is 9.78. The summed E-state index contributed by atoms with van der Waals surface area (Å²) in [6.07, 6.45) is -0.467. The topological polar surface area (TPSA) is 87.1 Å². The highest BCUT2D eigenvalue weighted by Gasteiger charge is 2.67. The number of phenolic OH excluding ortho intramolecular Hbond substituents is 1. The van der Waals surface area contributed by atoms with Gasteiger partial charge in [-0.25, -0.2) is 4.90 Å². The molecule has 6 atom stereocenters. The van der Waals surface area contributed by atoms with Crippen molar-refractivity contribution < 1.29 is 24.5 Å². The van der Waals surface area contributed by atoms with Crippen molar-refractivity contribution >= 4 is 17.5 Å². The molecule has 116 valence electrons. The van der Waals surface area contributed by atoms with Crippen LogP contribution in [0, 0.1) is 23.7 Å². The molecule has 4 rings (SSSR count). The van der Waals surface area contributed by atoms with Crippen LogP contribution < -0.4 is 4.90 Å².